The van der Waals surface area contributed by atoms with E-state index in [1.54, 1.807) is 0 Å². The van der Waals surface area contributed by atoms with Gasteiger partial charge in [-0.15, -0.1) is 0 Å². The number of carbonyl (C=O) groups excluding carboxylic acids is 1. The number of Topliss-reactive ketones (excluding diaryl/α,β-unsaturated/α-hetero) is 1. The molecule has 0 N–H and O–H groups in total. The Morgan fingerprint density at radius 3 is 2.47 bits per heavy atom. The van der Waals surface area contributed by atoms with Gasteiger partial charge in [0.1, 0.15) is 28.8 Å². The Bertz CT molecular complexity index is 1280. The molecule has 0 spiro atoms. The van der Waals surface area contributed by atoms with Crippen molar-refractivity contribution >= 4 is 22.8 Å². The van der Waals surface area contributed by atoms with Crippen molar-refractivity contribution in [2.24, 2.45) is 5.92 Å². The maximum atomic E-state index is 13.4. The molecule has 30 heavy (non-hydrogen) atoms. The third-order valence-electron chi connectivity index (χ3n) is 5.90. The average Bonchev–Trinajstić information content (AvgIpc) is 2.71. The van der Waals surface area contributed by atoms with Crippen molar-refractivity contribution in [1.82, 2.24) is 0 Å². The quantitative estimate of drug-likeness (QED) is 0.521. The van der Waals surface area contributed by atoms with E-state index >= 15 is 0 Å². The highest BCUT2D eigenvalue weighted by Gasteiger charge is 2.40. The van der Waals surface area contributed by atoms with E-state index in [2.05, 4.69) is 0 Å². The molecule has 2 aromatic carbocycles. The van der Waals surface area contributed by atoms with E-state index in [9.17, 15) is 9.59 Å². The molecule has 0 aliphatic carbocycles. The highest BCUT2D eigenvalue weighted by molar-refractivity contribution is 6.14. The molecule has 2 atom stereocenters. The summed E-state index contributed by atoms with van der Waals surface area (Å²) < 4.78 is 18.2. The van der Waals surface area contributed by atoms with Crippen molar-refractivity contribution in [3.63, 3.8) is 0 Å². The van der Waals surface area contributed by atoms with Crippen molar-refractivity contribution in [2.75, 3.05) is 0 Å². The lowest BCUT2D eigenvalue weighted by Gasteiger charge is -2.35. The number of carbonyl (C=O) groups is 1. The van der Waals surface area contributed by atoms with Crippen molar-refractivity contribution in [1.29, 1.82) is 0 Å². The summed E-state index contributed by atoms with van der Waals surface area (Å²) in [4.78, 5) is 25.9. The topological polar surface area (TPSA) is 65.7 Å². The summed E-state index contributed by atoms with van der Waals surface area (Å²) >= 11 is 0. The molecule has 5 heteroatoms. The summed E-state index contributed by atoms with van der Waals surface area (Å²) in [7, 11) is 0. The number of hydrogen-bond donors (Lipinski definition) is 0. The third-order valence-corrected chi connectivity index (χ3v) is 5.90. The lowest BCUT2D eigenvalue weighted by atomic mass is 9.85. The van der Waals surface area contributed by atoms with E-state index < -0.39 is 11.2 Å². The van der Waals surface area contributed by atoms with E-state index in [-0.39, 0.29) is 17.8 Å². The van der Waals surface area contributed by atoms with Crippen LogP contribution in [0.15, 0.2) is 51.7 Å². The van der Waals surface area contributed by atoms with Crippen LogP contribution in [0.2, 0.25) is 0 Å². The summed E-state index contributed by atoms with van der Waals surface area (Å²) in [6, 6.07) is 11.0. The standard InChI is InChI=1S/C25H22O5/c1-13-14(2)28-24-19-17(15-8-6-5-7-9-15)12-18(26)29-22(19)16-10-11-25(3,4)30-23(16)20(24)21(13)27/h5-14H,1-4H3/t13-,14-/m0/s1. The lowest BCUT2D eigenvalue weighted by molar-refractivity contribution is 0.0715. The van der Waals surface area contributed by atoms with Crippen LogP contribution in [0.5, 0.6) is 11.5 Å². The van der Waals surface area contributed by atoms with Gasteiger partial charge >= 0.3 is 5.63 Å². The molecule has 3 aromatic rings. The van der Waals surface area contributed by atoms with Gasteiger partial charge in [0, 0.05) is 11.6 Å². The minimum atomic E-state index is -0.599. The number of ketones is 1. The van der Waals surface area contributed by atoms with Gasteiger partial charge in [0.15, 0.2) is 11.4 Å². The number of rotatable bonds is 1. The molecule has 0 saturated heterocycles. The second-order valence-electron chi connectivity index (χ2n) is 8.51. The molecular weight excluding hydrogens is 380 g/mol. The van der Waals surface area contributed by atoms with Gasteiger partial charge in [0.05, 0.1) is 16.9 Å². The van der Waals surface area contributed by atoms with Gasteiger partial charge in [0.2, 0.25) is 0 Å². The molecule has 3 heterocycles. The zero-order valence-electron chi connectivity index (χ0n) is 17.3. The molecule has 0 fully saturated rings. The van der Waals surface area contributed by atoms with Crippen LogP contribution in [0.1, 0.15) is 43.6 Å². The van der Waals surface area contributed by atoms with Crippen LogP contribution < -0.4 is 15.1 Å². The van der Waals surface area contributed by atoms with Gasteiger partial charge in [-0.3, -0.25) is 4.79 Å². The second-order valence-corrected chi connectivity index (χ2v) is 8.51. The van der Waals surface area contributed by atoms with Crippen LogP contribution in [-0.2, 0) is 0 Å². The second kappa shape index (κ2) is 6.33. The fourth-order valence-electron chi connectivity index (χ4n) is 4.13. The predicted molar refractivity (Wildman–Crippen MR) is 115 cm³/mol. The van der Waals surface area contributed by atoms with Crippen LogP contribution in [0.4, 0.5) is 0 Å². The van der Waals surface area contributed by atoms with E-state index in [0.717, 1.165) is 5.56 Å². The van der Waals surface area contributed by atoms with Gasteiger partial charge in [-0.1, -0.05) is 37.3 Å². The molecule has 0 radical (unpaired) electrons. The summed E-state index contributed by atoms with van der Waals surface area (Å²) in [5.74, 6) is 0.501. The highest BCUT2D eigenvalue weighted by Crippen LogP contribution is 2.50. The summed E-state index contributed by atoms with van der Waals surface area (Å²) in [5, 5.41) is 0.620. The Kier molecular flexibility index (Phi) is 3.94. The number of fused-ring (bicyclic) bond motifs is 6. The fraction of sp³-hybridized carbons (Fsp3) is 0.280. The molecular formula is C25H22O5. The highest BCUT2D eigenvalue weighted by atomic mass is 16.5. The molecule has 5 rings (SSSR count). The van der Waals surface area contributed by atoms with Crippen molar-refractivity contribution in [3.05, 3.63) is 64.0 Å². The normalized spacial score (nSPS) is 21.5. The Morgan fingerprint density at radius 1 is 1.00 bits per heavy atom. The zero-order chi connectivity index (χ0) is 21.2. The largest absolute Gasteiger partial charge is 0.488 e. The molecule has 152 valence electrons. The maximum absolute atomic E-state index is 13.4. The summed E-state index contributed by atoms with van der Waals surface area (Å²) in [6.07, 6.45) is 3.46. The monoisotopic (exact) mass is 402 g/mol. The first-order valence-corrected chi connectivity index (χ1v) is 10.1. The molecule has 0 bridgehead atoms. The number of benzene rings is 2. The van der Waals surface area contributed by atoms with E-state index in [1.807, 2.05) is 70.2 Å². The molecule has 2 aliphatic rings. The minimum Gasteiger partial charge on any atom is -0.488 e. The van der Waals surface area contributed by atoms with Crippen molar-refractivity contribution in [2.45, 2.75) is 39.4 Å². The Morgan fingerprint density at radius 2 is 1.73 bits per heavy atom. The molecule has 2 aliphatic heterocycles. The maximum Gasteiger partial charge on any atom is 0.336 e. The van der Waals surface area contributed by atoms with Crippen LogP contribution in [-0.4, -0.2) is 17.5 Å². The summed E-state index contributed by atoms with van der Waals surface area (Å²) in [5.41, 5.74) is 1.85. The van der Waals surface area contributed by atoms with Crippen molar-refractivity contribution in [3.8, 4) is 22.6 Å². The first-order chi connectivity index (χ1) is 14.3. The average molecular weight is 402 g/mol. The molecule has 0 unspecified atom stereocenters. The van der Waals surface area contributed by atoms with Gasteiger partial charge < -0.3 is 13.9 Å². The minimum absolute atomic E-state index is 0.0294. The molecule has 0 amide bonds. The van der Waals surface area contributed by atoms with Gasteiger partial charge in [-0.2, -0.15) is 0 Å². The third kappa shape index (κ3) is 2.69. The van der Waals surface area contributed by atoms with Crippen LogP contribution in [0.25, 0.3) is 28.2 Å². The number of hydrogen-bond acceptors (Lipinski definition) is 5. The van der Waals surface area contributed by atoms with E-state index in [4.69, 9.17) is 13.9 Å². The van der Waals surface area contributed by atoms with Crippen LogP contribution >= 0.6 is 0 Å². The van der Waals surface area contributed by atoms with Gasteiger partial charge in [0.25, 0.3) is 0 Å². The van der Waals surface area contributed by atoms with Crippen molar-refractivity contribution < 1.29 is 18.7 Å². The van der Waals surface area contributed by atoms with Crippen LogP contribution in [0, 0.1) is 5.92 Å². The summed E-state index contributed by atoms with van der Waals surface area (Å²) in [6.45, 7) is 7.57. The lowest BCUT2D eigenvalue weighted by Crippen LogP contribution is -2.36. The first kappa shape index (κ1) is 18.7. The predicted octanol–water partition coefficient (Wildman–Crippen LogP) is 5.24. The van der Waals surface area contributed by atoms with E-state index in [0.29, 0.717) is 39.2 Å². The fourth-order valence-corrected chi connectivity index (χ4v) is 4.13. The molecule has 1 aromatic heterocycles. The zero-order valence-corrected chi connectivity index (χ0v) is 17.3. The molecule has 0 saturated carbocycles. The Hall–Kier alpha value is -3.34. The first-order valence-electron chi connectivity index (χ1n) is 10.1. The Labute approximate surface area is 173 Å². The SMILES string of the molecule is C[C@@H]1Oc2c(c3c(c4oc(=O)cc(-c5ccccc5)c24)C=CC(C)(C)O3)C(=O)[C@H]1C. The number of ether oxygens (including phenoxy) is 2. The van der Waals surface area contributed by atoms with Gasteiger partial charge in [-0.25, -0.2) is 4.79 Å². The smallest absolute Gasteiger partial charge is 0.336 e. The van der Waals surface area contributed by atoms with E-state index in [1.165, 1.54) is 6.07 Å². The molecule has 5 nitrogen and oxygen atoms in total. The van der Waals surface area contributed by atoms with Gasteiger partial charge in [-0.05, 0) is 38.5 Å². The van der Waals surface area contributed by atoms with Crippen LogP contribution in [0.3, 0.4) is 0 Å². The Balaban J connectivity index is 1.98.